The molecule has 7 nitrogen and oxygen atoms in total. The van der Waals surface area contributed by atoms with Gasteiger partial charge in [-0.3, -0.25) is 0 Å². The average Bonchev–Trinajstić information content (AvgIpc) is 2.23. The molecule has 1 heterocycles. The van der Waals surface area contributed by atoms with Gasteiger partial charge in [-0.1, -0.05) is 0 Å². The number of hydrogen-bond acceptors (Lipinski definition) is 6. The van der Waals surface area contributed by atoms with E-state index in [1.165, 1.54) is 0 Å². The van der Waals surface area contributed by atoms with Gasteiger partial charge in [-0.15, -0.1) is 13.2 Å². The summed E-state index contributed by atoms with van der Waals surface area (Å²) < 4.78 is 99.2. The summed E-state index contributed by atoms with van der Waals surface area (Å²) in [4.78, 5) is 9.22. The summed E-state index contributed by atoms with van der Waals surface area (Å²) in [6.07, 6.45) is -11.0. The number of nitro groups is 1. The van der Waals surface area contributed by atoms with Crippen LogP contribution in [0.2, 0.25) is 0 Å². The fraction of sp³-hybridized carbons (Fsp3) is 0.286. The maximum atomic E-state index is 12.5. The topological polar surface area (TPSA) is 99.4 Å². The van der Waals surface area contributed by atoms with E-state index in [1.54, 1.807) is 0 Å². The van der Waals surface area contributed by atoms with Crippen LogP contribution in [-0.4, -0.2) is 24.7 Å². The molecule has 0 saturated carbocycles. The van der Waals surface area contributed by atoms with Crippen molar-refractivity contribution in [3.63, 3.8) is 0 Å². The van der Waals surface area contributed by atoms with Crippen molar-refractivity contribution < 1.29 is 44.4 Å². The second-order valence-corrected chi connectivity index (χ2v) is 5.93. The highest BCUT2D eigenvalue weighted by Gasteiger charge is 2.45. The summed E-state index contributed by atoms with van der Waals surface area (Å²) in [5, 5.41) is 10.6. The second-order valence-electron chi connectivity index (χ2n) is 3.40. The van der Waals surface area contributed by atoms with Crippen LogP contribution in [-0.2, 0) is 15.2 Å². The molecule has 1 rings (SSSR count). The van der Waals surface area contributed by atoms with Crippen LogP contribution in [0.1, 0.15) is 5.69 Å². The Bertz CT molecular complexity index is 715. The maximum Gasteiger partial charge on any atom is 0.573 e. The standard InChI is InChI=1S/C7HClF6N2O5S/c8-22(19,20)2-1-3(6(9,10)11)15-5(16(17)18)4(2)21-7(12,13)14/h1H. The lowest BCUT2D eigenvalue weighted by molar-refractivity contribution is -0.394. The van der Waals surface area contributed by atoms with Crippen LogP contribution in [0.25, 0.3) is 0 Å². The number of hydrogen-bond donors (Lipinski definition) is 0. The van der Waals surface area contributed by atoms with Crippen LogP contribution in [0, 0.1) is 10.1 Å². The number of rotatable bonds is 3. The Morgan fingerprint density at radius 2 is 1.73 bits per heavy atom. The number of nitrogens with zero attached hydrogens (tertiary/aromatic N) is 2. The second kappa shape index (κ2) is 5.42. The van der Waals surface area contributed by atoms with Crippen molar-refractivity contribution >= 4 is 25.6 Å². The molecule has 0 aliphatic carbocycles. The highest BCUT2D eigenvalue weighted by atomic mass is 35.7. The number of pyridine rings is 1. The minimum absolute atomic E-state index is 0.406. The third-order valence-electron chi connectivity index (χ3n) is 1.86. The van der Waals surface area contributed by atoms with E-state index in [0.717, 1.165) is 0 Å². The van der Waals surface area contributed by atoms with Gasteiger partial charge in [0.2, 0.25) is 5.75 Å². The number of aromatic nitrogens is 1. The van der Waals surface area contributed by atoms with E-state index in [2.05, 4.69) is 9.72 Å². The van der Waals surface area contributed by atoms with Gasteiger partial charge in [0, 0.05) is 16.7 Å². The largest absolute Gasteiger partial charge is 0.573 e. The highest BCUT2D eigenvalue weighted by Crippen LogP contribution is 2.41. The quantitative estimate of drug-likeness (QED) is 0.349. The summed E-state index contributed by atoms with van der Waals surface area (Å²) in [6, 6.07) is -0.406. The predicted octanol–water partition coefficient (Wildman–Crippen LogP) is 2.83. The normalized spacial score (nSPS) is 13.0. The first-order valence-corrected chi connectivity index (χ1v) is 6.91. The van der Waals surface area contributed by atoms with Gasteiger partial charge < -0.3 is 14.9 Å². The Balaban J connectivity index is 3.83. The lowest BCUT2D eigenvalue weighted by Crippen LogP contribution is -2.21. The average molecular weight is 375 g/mol. The lowest BCUT2D eigenvalue weighted by atomic mass is 10.3. The van der Waals surface area contributed by atoms with Gasteiger partial charge in [0.1, 0.15) is 4.90 Å². The lowest BCUT2D eigenvalue weighted by Gasteiger charge is -2.12. The van der Waals surface area contributed by atoms with Gasteiger partial charge in [0.05, 0.1) is 0 Å². The zero-order chi connectivity index (χ0) is 17.5. The minimum atomic E-state index is -5.64. The molecular weight excluding hydrogens is 374 g/mol. The first-order valence-electron chi connectivity index (χ1n) is 4.60. The predicted molar refractivity (Wildman–Crippen MR) is 55.6 cm³/mol. The van der Waals surface area contributed by atoms with E-state index in [1.807, 2.05) is 0 Å². The summed E-state index contributed by atoms with van der Waals surface area (Å²) in [7, 11) is -0.543. The summed E-state index contributed by atoms with van der Waals surface area (Å²) in [5.74, 6) is -4.17. The van der Waals surface area contributed by atoms with Gasteiger partial charge in [-0.2, -0.15) is 13.2 Å². The van der Waals surface area contributed by atoms with E-state index in [9.17, 15) is 44.9 Å². The molecule has 0 aliphatic rings. The Morgan fingerprint density at radius 1 is 1.23 bits per heavy atom. The summed E-state index contributed by atoms with van der Waals surface area (Å²) in [5.41, 5.74) is -2.13. The number of halogens is 7. The molecule has 0 aliphatic heterocycles. The Hall–Kier alpha value is -1.83. The molecule has 0 atom stereocenters. The molecule has 1 aromatic heterocycles. The molecule has 0 amide bonds. The Labute approximate surface area is 121 Å². The molecule has 0 N–H and O–H groups in total. The van der Waals surface area contributed by atoms with E-state index in [4.69, 9.17) is 10.7 Å². The number of alkyl halides is 6. The van der Waals surface area contributed by atoms with E-state index < -0.39 is 54.7 Å². The monoisotopic (exact) mass is 374 g/mol. The third kappa shape index (κ3) is 4.33. The van der Waals surface area contributed by atoms with Crippen LogP contribution >= 0.6 is 10.7 Å². The van der Waals surface area contributed by atoms with Crippen LogP contribution in [0.15, 0.2) is 11.0 Å². The molecule has 1 aromatic rings. The molecule has 124 valence electrons. The molecule has 0 spiro atoms. The molecule has 0 fully saturated rings. The summed E-state index contributed by atoms with van der Waals surface area (Å²) >= 11 is 0. The minimum Gasteiger partial charge on any atom is -0.395 e. The van der Waals surface area contributed by atoms with Gasteiger partial charge in [0.25, 0.3) is 14.7 Å². The molecule has 22 heavy (non-hydrogen) atoms. The first kappa shape index (κ1) is 18.2. The third-order valence-corrected chi connectivity index (χ3v) is 3.19. The SMILES string of the molecule is O=[N+]([O-])c1nc(C(F)(F)F)cc(S(=O)(=O)Cl)c1OC(F)(F)F. The van der Waals surface area contributed by atoms with Crippen molar-refractivity contribution in [2.24, 2.45) is 0 Å². The Kier molecular flexibility index (Phi) is 4.49. The van der Waals surface area contributed by atoms with E-state index >= 15 is 0 Å². The smallest absolute Gasteiger partial charge is 0.395 e. The first-order chi connectivity index (χ1) is 9.63. The fourth-order valence-corrected chi connectivity index (χ4v) is 2.11. The van der Waals surface area contributed by atoms with Gasteiger partial charge in [-0.05, 0) is 9.91 Å². The van der Waals surface area contributed by atoms with Crippen LogP contribution in [0.3, 0.4) is 0 Å². The molecule has 0 unspecified atom stereocenters. The van der Waals surface area contributed by atoms with Gasteiger partial charge in [0.15, 0.2) is 0 Å². The molecule has 0 saturated heterocycles. The van der Waals surface area contributed by atoms with Crippen molar-refractivity contribution in [1.82, 2.24) is 4.98 Å². The van der Waals surface area contributed by atoms with Crippen LogP contribution < -0.4 is 4.74 Å². The molecule has 0 radical (unpaired) electrons. The van der Waals surface area contributed by atoms with E-state index in [-0.39, 0.29) is 0 Å². The van der Waals surface area contributed by atoms with Gasteiger partial charge in [-0.25, -0.2) is 8.42 Å². The van der Waals surface area contributed by atoms with Crippen molar-refractivity contribution in [2.75, 3.05) is 0 Å². The zero-order valence-electron chi connectivity index (χ0n) is 9.57. The molecular formula is C7HClF6N2O5S. The van der Waals surface area contributed by atoms with Crippen LogP contribution in [0.4, 0.5) is 32.2 Å². The van der Waals surface area contributed by atoms with E-state index in [0.29, 0.717) is 0 Å². The van der Waals surface area contributed by atoms with Crippen LogP contribution in [0.5, 0.6) is 5.75 Å². The zero-order valence-corrected chi connectivity index (χ0v) is 11.1. The van der Waals surface area contributed by atoms with Crippen molar-refractivity contribution in [3.05, 3.63) is 21.9 Å². The van der Waals surface area contributed by atoms with Crippen molar-refractivity contribution in [2.45, 2.75) is 17.4 Å². The molecule has 0 bridgehead atoms. The summed E-state index contributed by atoms with van der Waals surface area (Å²) in [6.45, 7) is 0. The Morgan fingerprint density at radius 3 is 2.05 bits per heavy atom. The highest BCUT2D eigenvalue weighted by molar-refractivity contribution is 8.13. The fourth-order valence-electron chi connectivity index (χ4n) is 1.16. The van der Waals surface area contributed by atoms with Gasteiger partial charge >= 0.3 is 18.4 Å². The van der Waals surface area contributed by atoms with Crippen molar-refractivity contribution in [3.8, 4) is 5.75 Å². The molecule has 15 heteroatoms. The number of ether oxygens (including phenoxy) is 1. The molecule has 0 aromatic carbocycles. The maximum absolute atomic E-state index is 12.5. The van der Waals surface area contributed by atoms with Crippen molar-refractivity contribution in [1.29, 1.82) is 0 Å².